The van der Waals surface area contributed by atoms with Gasteiger partial charge in [0, 0.05) is 12.2 Å². The van der Waals surface area contributed by atoms with E-state index in [1.54, 1.807) is 6.20 Å². The molecule has 1 heterocycles. The first kappa shape index (κ1) is 17.0. The number of aromatic nitrogens is 1. The molecule has 0 amide bonds. The third-order valence-electron chi connectivity index (χ3n) is 1.96. The molecular weight excluding hydrogens is 256 g/mol. The van der Waals surface area contributed by atoms with Crippen molar-refractivity contribution >= 4 is 11.9 Å². The maximum atomic E-state index is 9.77. The summed E-state index contributed by atoms with van der Waals surface area (Å²) in [5, 5.41) is 32.5. The topological polar surface area (TPSA) is 154 Å². The SMILES string of the molecule is C[C@H](N)c1ccccn1.O=C(O)[C@@H](O)[C@H](O)C(=O)O. The molecule has 19 heavy (non-hydrogen) atoms. The van der Waals surface area contributed by atoms with Crippen molar-refractivity contribution in [3.05, 3.63) is 30.1 Å². The first-order chi connectivity index (χ1) is 8.77. The third-order valence-corrected chi connectivity index (χ3v) is 1.96. The molecule has 1 aromatic heterocycles. The normalized spacial score (nSPS) is 14.5. The van der Waals surface area contributed by atoms with Crippen LogP contribution in [0, 0.1) is 0 Å². The summed E-state index contributed by atoms with van der Waals surface area (Å²) in [5.74, 6) is -3.54. The van der Waals surface area contributed by atoms with Crippen LogP contribution in [0.2, 0.25) is 0 Å². The van der Waals surface area contributed by atoms with Crippen LogP contribution in [0.4, 0.5) is 0 Å². The number of aliphatic hydroxyl groups is 2. The highest BCUT2D eigenvalue weighted by atomic mass is 16.4. The molecule has 106 valence electrons. The summed E-state index contributed by atoms with van der Waals surface area (Å²) in [7, 11) is 0. The molecule has 3 atom stereocenters. The monoisotopic (exact) mass is 272 g/mol. The van der Waals surface area contributed by atoms with E-state index in [1.165, 1.54) is 0 Å². The summed E-state index contributed by atoms with van der Waals surface area (Å²) in [6.45, 7) is 1.92. The van der Waals surface area contributed by atoms with Crippen LogP contribution >= 0.6 is 0 Å². The van der Waals surface area contributed by atoms with Crippen molar-refractivity contribution in [3.63, 3.8) is 0 Å². The van der Waals surface area contributed by atoms with Gasteiger partial charge in [-0.05, 0) is 19.1 Å². The van der Waals surface area contributed by atoms with Crippen LogP contribution in [0.5, 0.6) is 0 Å². The van der Waals surface area contributed by atoms with E-state index in [4.69, 9.17) is 26.2 Å². The molecule has 0 fully saturated rings. The first-order valence-corrected chi connectivity index (χ1v) is 5.25. The summed E-state index contributed by atoms with van der Waals surface area (Å²) in [6, 6.07) is 5.79. The summed E-state index contributed by atoms with van der Waals surface area (Å²) < 4.78 is 0. The zero-order chi connectivity index (χ0) is 15.0. The fourth-order valence-electron chi connectivity index (χ4n) is 0.915. The van der Waals surface area contributed by atoms with Gasteiger partial charge >= 0.3 is 11.9 Å². The van der Waals surface area contributed by atoms with E-state index < -0.39 is 24.1 Å². The Balaban J connectivity index is 0.000000342. The number of aliphatic hydroxyl groups excluding tert-OH is 2. The van der Waals surface area contributed by atoms with Crippen molar-refractivity contribution in [2.75, 3.05) is 0 Å². The summed E-state index contributed by atoms with van der Waals surface area (Å²) in [4.78, 5) is 23.6. The average molecular weight is 272 g/mol. The molecule has 0 unspecified atom stereocenters. The van der Waals surface area contributed by atoms with Gasteiger partial charge in [0.2, 0.25) is 0 Å². The molecule has 0 spiro atoms. The molecule has 0 bridgehead atoms. The van der Waals surface area contributed by atoms with Gasteiger partial charge in [-0.2, -0.15) is 0 Å². The van der Waals surface area contributed by atoms with E-state index in [-0.39, 0.29) is 6.04 Å². The largest absolute Gasteiger partial charge is 0.479 e. The number of hydrogen-bond donors (Lipinski definition) is 5. The Hall–Kier alpha value is -2.03. The van der Waals surface area contributed by atoms with Gasteiger partial charge in [0.05, 0.1) is 5.69 Å². The molecular formula is C11H16N2O6. The molecule has 0 aromatic carbocycles. The lowest BCUT2D eigenvalue weighted by Crippen LogP contribution is -2.39. The van der Waals surface area contributed by atoms with Crippen LogP contribution in [0.15, 0.2) is 24.4 Å². The molecule has 0 aliphatic rings. The predicted octanol–water partition coefficient (Wildman–Crippen LogP) is -1.02. The standard InChI is InChI=1S/C7H10N2.C4H6O6/c1-6(8)7-4-2-3-5-9-7;5-1(3(7)8)2(6)4(9)10/h2-6H,8H2,1H3;1-2,5-6H,(H,7,8)(H,9,10)/t6-;1-,2-/m00/s1. The highest BCUT2D eigenvalue weighted by Gasteiger charge is 2.29. The number of pyridine rings is 1. The molecule has 0 aliphatic carbocycles. The molecule has 6 N–H and O–H groups in total. The Morgan fingerprint density at radius 2 is 1.63 bits per heavy atom. The highest BCUT2D eigenvalue weighted by Crippen LogP contribution is 2.02. The fourth-order valence-corrected chi connectivity index (χ4v) is 0.915. The Bertz CT molecular complexity index is 391. The number of aliphatic carboxylic acids is 2. The summed E-state index contributed by atoms with van der Waals surface area (Å²) >= 11 is 0. The second-order valence-electron chi connectivity index (χ2n) is 3.61. The minimum Gasteiger partial charge on any atom is -0.479 e. The Labute approximate surface area is 109 Å². The van der Waals surface area contributed by atoms with Crippen molar-refractivity contribution < 1.29 is 30.0 Å². The van der Waals surface area contributed by atoms with Gasteiger partial charge in [0.25, 0.3) is 0 Å². The van der Waals surface area contributed by atoms with E-state index in [9.17, 15) is 9.59 Å². The van der Waals surface area contributed by atoms with Crippen molar-refractivity contribution in [1.29, 1.82) is 0 Å². The minimum atomic E-state index is -2.27. The zero-order valence-electron chi connectivity index (χ0n) is 10.2. The van der Waals surface area contributed by atoms with Crippen molar-refractivity contribution in [2.24, 2.45) is 5.73 Å². The van der Waals surface area contributed by atoms with Gasteiger partial charge in [0.1, 0.15) is 0 Å². The molecule has 0 saturated heterocycles. The Kier molecular flexibility index (Phi) is 7.27. The number of carboxylic acid groups (broad SMARTS) is 2. The lowest BCUT2D eigenvalue weighted by molar-refractivity contribution is -0.165. The minimum absolute atomic E-state index is 0.0474. The van der Waals surface area contributed by atoms with Crippen LogP contribution in [-0.2, 0) is 9.59 Å². The van der Waals surface area contributed by atoms with Gasteiger partial charge in [0.15, 0.2) is 12.2 Å². The molecule has 1 rings (SSSR count). The van der Waals surface area contributed by atoms with Crippen molar-refractivity contribution in [1.82, 2.24) is 4.98 Å². The van der Waals surface area contributed by atoms with Crippen LogP contribution < -0.4 is 5.73 Å². The van der Waals surface area contributed by atoms with Crippen molar-refractivity contribution in [2.45, 2.75) is 25.2 Å². The number of nitrogens with zero attached hydrogens (tertiary/aromatic N) is 1. The summed E-state index contributed by atoms with van der Waals surface area (Å²) in [6.07, 6.45) is -2.78. The van der Waals surface area contributed by atoms with Crippen LogP contribution in [0.25, 0.3) is 0 Å². The number of rotatable bonds is 4. The third kappa shape index (κ3) is 6.46. The van der Waals surface area contributed by atoms with Gasteiger partial charge in [-0.3, -0.25) is 4.98 Å². The first-order valence-electron chi connectivity index (χ1n) is 5.25. The smallest absolute Gasteiger partial charge is 0.335 e. The lowest BCUT2D eigenvalue weighted by Gasteiger charge is -2.07. The van der Waals surface area contributed by atoms with Gasteiger partial charge < -0.3 is 26.2 Å². The molecule has 0 aliphatic heterocycles. The van der Waals surface area contributed by atoms with Crippen LogP contribution in [0.3, 0.4) is 0 Å². The Morgan fingerprint density at radius 3 is 1.84 bits per heavy atom. The molecule has 1 aromatic rings. The second-order valence-corrected chi connectivity index (χ2v) is 3.61. The van der Waals surface area contributed by atoms with Crippen LogP contribution in [0.1, 0.15) is 18.7 Å². The number of hydrogen-bond acceptors (Lipinski definition) is 6. The number of nitrogens with two attached hydrogens (primary N) is 1. The van der Waals surface area contributed by atoms with E-state index in [1.807, 2.05) is 25.1 Å². The van der Waals surface area contributed by atoms with Crippen molar-refractivity contribution in [3.8, 4) is 0 Å². The fraction of sp³-hybridized carbons (Fsp3) is 0.364. The second kappa shape index (κ2) is 8.14. The lowest BCUT2D eigenvalue weighted by atomic mass is 10.2. The van der Waals surface area contributed by atoms with Gasteiger partial charge in [-0.15, -0.1) is 0 Å². The molecule has 0 saturated carbocycles. The molecule has 8 nitrogen and oxygen atoms in total. The average Bonchev–Trinajstić information content (AvgIpc) is 2.38. The number of carboxylic acids is 2. The van der Waals surface area contributed by atoms with E-state index in [0.29, 0.717) is 0 Å². The quantitative estimate of drug-likeness (QED) is 0.466. The molecule has 0 radical (unpaired) electrons. The van der Waals surface area contributed by atoms with E-state index >= 15 is 0 Å². The van der Waals surface area contributed by atoms with Crippen LogP contribution in [-0.4, -0.2) is 49.6 Å². The predicted molar refractivity (Wildman–Crippen MR) is 64.1 cm³/mol. The highest BCUT2D eigenvalue weighted by molar-refractivity contribution is 5.83. The molecule has 8 heteroatoms. The maximum Gasteiger partial charge on any atom is 0.335 e. The van der Waals surface area contributed by atoms with E-state index in [2.05, 4.69) is 4.98 Å². The summed E-state index contributed by atoms with van der Waals surface area (Å²) in [5.41, 5.74) is 6.49. The van der Waals surface area contributed by atoms with Gasteiger partial charge in [-0.25, -0.2) is 9.59 Å². The zero-order valence-corrected chi connectivity index (χ0v) is 10.2. The number of carbonyl (C=O) groups is 2. The Morgan fingerprint density at radius 1 is 1.16 bits per heavy atom. The van der Waals surface area contributed by atoms with Gasteiger partial charge in [-0.1, -0.05) is 6.07 Å². The maximum absolute atomic E-state index is 9.77. The van der Waals surface area contributed by atoms with E-state index in [0.717, 1.165) is 5.69 Å².